The molecule has 2 rings (SSSR count). The van der Waals surface area contributed by atoms with Gasteiger partial charge >= 0.3 is 0 Å². The molecule has 1 aliphatic heterocycles. The van der Waals surface area contributed by atoms with Crippen LogP contribution in [-0.2, 0) is 10.0 Å². The first-order chi connectivity index (χ1) is 9.90. The Kier molecular flexibility index (Phi) is 4.92. The zero-order chi connectivity index (χ0) is 15.5. The molecule has 1 saturated heterocycles. The topological polar surface area (TPSA) is 92.6 Å². The van der Waals surface area contributed by atoms with E-state index in [9.17, 15) is 18.5 Å². The van der Waals surface area contributed by atoms with E-state index in [0.29, 0.717) is 6.54 Å². The second-order valence-corrected chi connectivity index (χ2v) is 7.08. The van der Waals surface area contributed by atoms with Gasteiger partial charge in [-0.3, -0.25) is 10.1 Å². The van der Waals surface area contributed by atoms with Gasteiger partial charge in [-0.15, -0.1) is 0 Å². The third-order valence-electron chi connectivity index (χ3n) is 3.64. The molecule has 7 nitrogen and oxygen atoms in total. The Morgan fingerprint density at radius 1 is 1.43 bits per heavy atom. The highest BCUT2D eigenvalue weighted by Gasteiger charge is 2.26. The molecule has 1 aliphatic rings. The number of hydrogen-bond acceptors (Lipinski definition) is 5. The van der Waals surface area contributed by atoms with E-state index >= 15 is 0 Å². The number of piperidine rings is 1. The van der Waals surface area contributed by atoms with E-state index in [4.69, 9.17) is 0 Å². The summed E-state index contributed by atoms with van der Waals surface area (Å²) in [5, 5.41) is 10.9. The highest BCUT2D eigenvalue weighted by molar-refractivity contribution is 7.89. The molecule has 21 heavy (non-hydrogen) atoms. The summed E-state index contributed by atoms with van der Waals surface area (Å²) in [6.07, 6.45) is 2.00. The van der Waals surface area contributed by atoms with Crippen molar-refractivity contribution in [3.63, 3.8) is 0 Å². The van der Waals surface area contributed by atoms with Crippen molar-refractivity contribution in [3.8, 4) is 0 Å². The summed E-state index contributed by atoms with van der Waals surface area (Å²) in [6.45, 7) is 2.16. The van der Waals surface area contributed by atoms with Crippen LogP contribution in [0.3, 0.4) is 0 Å². The summed E-state index contributed by atoms with van der Waals surface area (Å²) >= 11 is 0. The zero-order valence-electron chi connectivity index (χ0n) is 11.9. The van der Waals surface area contributed by atoms with Gasteiger partial charge in [-0.1, -0.05) is 12.1 Å². The van der Waals surface area contributed by atoms with Crippen LogP contribution in [0.5, 0.6) is 0 Å². The molecule has 0 aliphatic carbocycles. The predicted octanol–water partition coefficient (Wildman–Crippen LogP) is 1.21. The number of likely N-dealkylation sites (tertiary alicyclic amines) is 1. The van der Waals surface area contributed by atoms with Gasteiger partial charge in [0.05, 0.1) is 4.92 Å². The highest BCUT2D eigenvalue weighted by atomic mass is 32.2. The van der Waals surface area contributed by atoms with Gasteiger partial charge in [0.1, 0.15) is 0 Å². The lowest BCUT2D eigenvalue weighted by Gasteiger charge is -2.29. The molecule has 1 heterocycles. The lowest BCUT2D eigenvalue weighted by atomic mass is 9.99. The van der Waals surface area contributed by atoms with Crippen LogP contribution in [0.2, 0.25) is 0 Å². The Balaban J connectivity index is 2.10. The van der Waals surface area contributed by atoms with Gasteiger partial charge in [0.2, 0.25) is 10.0 Å². The summed E-state index contributed by atoms with van der Waals surface area (Å²) in [6, 6.07) is 5.39. The Morgan fingerprint density at radius 3 is 2.81 bits per heavy atom. The molecular weight excluding hydrogens is 294 g/mol. The van der Waals surface area contributed by atoms with Crippen LogP contribution in [0.4, 0.5) is 5.69 Å². The lowest BCUT2D eigenvalue weighted by Crippen LogP contribution is -2.39. The molecule has 1 atom stereocenters. The van der Waals surface area contributed by atoms with Crippen LogP contribution in [0, 0.1) is 16.0 Å². The number of rotatable bonds is 5. The van der Waals surface area contributed by atoms with E-state index in [1.807, 2.05) is 7.05 Å². The number of hydrogen-bond donors (Lipinski definition) is 1. The number of nitrogens with one attached hydrogen (secondary N) is 1. The van der Waals surface area contributed by atoms with Crippen molar-refractivity contribution >= 4 is 15.7 Å². The van der Waals surface area contributed by atoms with Gasteiger partial charge in [-0.05, 0) is 38.4 Å². The minimum Gasteiger partial charge on any atom is -0.306 e. The second kappa shape index (κ2) is 6.50. The van der Waals surface area contributed by atoms with Crippen molar-refractivity contribution in [3.05, 3.63) is 34.4 Å². The summed E-state index contributed by atoms with van der Waals surface area (Å²) in [5.41, 5.74) is -0.397. The van der Waals surface area contributed by atoms with Crippen molar-refractivity contribution in [1.82, 2.24) is 9.62 Å². The van der Waals surface area contributed by atoms with Crippen LogP contribution in [0.1, 0.15) is 12.8 Å². The predicted molar refractivity (Wildman–Crippen MR) is 78.5 cm³/mol. The average Bonchev–Trinajstić information content (AvgIpc) is 2.45. The molecule has 0 spiro atoms. The Morgan fingerprint density at radius 2 is 2.14 bits per heavy atom. The summed E-state index contributed by atoms with van der Waals surface area (Å²) < 4.78 is 27.0. The van der Waals surface area contributed by atoms with Gasteiger partial charge < -0.3 is 4.90 Å². The van der Waals surface area contributed by atoms with Gasteiger partial charge in [0, 0.05) is 19.2 Å². The van der Waals surface area contributed by atoms with Gasteiger partial charge in [0.25, 0.3) is 5.69 Å². The molecule has 1 N–H and O–H groups in total. The van der Waals surface area contributed by atoms with Gasteiger partial charge in [-0.25, -0.2) is 13.1 Å². The number of benzene rings is 1. The van der Waals surface area contributed by atoms with E-state index < -0.39 is 20.6 Å². The Hall–Kier alpha value is -1.51. The molecule has 0 amide bonds. The minimum atomic E-state index is -3.86. The summed E-state index contributed by atoms with van der Waals surface area (Å²) in [7, 11) is -1.86. The van der Waals surface area contributed by atoms with Crippen LogP contribution < -0.4 is 4.72 Å². The quantitative estimate of drug-likeness (QED) is 0.651. The normalized spacial score (nSPS) is 20.3. The molecule has 1 fully saturated rings. The zero-order valence-corrected chi connectivity index (χ0v) is 12.7. The molecular formula is C13H19N3O4S. The second-order valence-electron chi connectivity index (χ2n) is 5.35. The molecule has 0 bridgehead atoms. The van der Waals surface area contributed by atoms with Crippen molar-refractivity contribution in [2.45, 2.75) is 17.7 Å². The Labute approximate surface area is 124 Å². The molecule has 0 aromatic heterocycles. The number of nitro benzene ring substituents is 1. The van der Waals surface area contributed by atoms with Crippen molar-refractivity contribution < 1.29 is 13.3 Å². The molecule has 0 saturated carbocycles. The first-order valence-electron chi connectivity index (χ1n) is 6.82. The third-order valence-corrected chi connectivity index (χ3v) is 5.11. The third kappa shape index (κ3) is 3.99. The van der Waals surface area contributed by atoms with Gasteiger partial charge in [-0.2, -0.15) is 0 Å². The highest BCUT2D eigenvalue weighted by Crippen LogP contribution is 2.23. The smallest absolute Gasteiger partial charge is 0.289 e. The van der Waals surface area contributed by atoms with Crippen LogP contribution in [-0.4, -0.2) is 44.9 Å². The first-order valence-corrected chi connectivity index (χ1v) is 8.30. The minimum absolute atomic E-state index is 0.237. The van der Waals surface area contributed by atoms with Crippen LogP contribution >= 0.6 is 0 Å². The maximum absolute atomic E-state index is 12.3. The number of nitrogens with zero attached hydrogens (tertiary/aromatic N) is 2. The van der Waals surface area contributed by atoms with Crippen molar-refractivity contribution in [2.75, 3.05) is 26.7 Å². The van der Waals surface area contributed by atoms with Crippen molar-refractivity contribution in [1.29, 1.82) is 0 Å². The van der Waals surface area contributed by atoms with E-state index in [-0.39, 0.29) is 10.8 Å². The molecule has 116 valence electrons. The SMILES string of the molecule is CN1CCCC(CNS(=O)(=O)c2ccccc2[N+](=O)[O-])C1. The molecule has 1 aromatic carbocycles. The molecule has 1 unspecified atom stereocenters. The standard InChI is InChI=1S/C13H19N3O4S/c1-15-8-4-5-11(10-15)9-14-21(19,20)13-7-3-2-6-12(13)16(17)18/h2-3,6-7,11,14H,4-5,8-10H2,1H3. The van der Waals surface area contributed by atoms with Gasteiger partial charge in [0.15, 0.2) is 4.90 Å². The van der Waals surface area contributed by atoms with Crippen molar-refractivity contribution in [2.24, 2.45) is 5.92 Å². The van der Waals surface area contributed by atoms with E-state index in [0.717, 1.165) is 25.9 Å². The molecule has 1 aromatic rings. The molecule has 0 radical (unpaired) electrons. The fraction of sp³-hybridized carbons (Fsp3) is 0.538. The van der Waals surface area contributed by atoms with E-state index in [1.165, 1.54) is 24.3 Å². The number of nitro groups is 1. The van der Waals surface area contributed by atoms with Crippen LogP contribution in [0.25, 0.3) is 0 Å². The largest absolute Gasteiger partial charge is 0.306 e. The fourth-order valence-electron chi connectivity index (χ4n) is 2.58. The number of para-hydroxylation sites is 1. The lowest BCUT2D eigenvalue weighted by molar-refractivity contribution is -0.387. The maximum Gasteiger partial charge on any atom is 0.289 e. The average molecular weight is 313 g/mol. The first kappa shape index (κ1) is 15.9. The maximum atomic E-state index is 12.3. The van der Waals surface area contributed by atoms with E-state index in [1.54, 1.807) is 0 Å². The fourth-order valence-corrected chi connectivity index (χ4v) is 3.87. The van der Waals surface area contributed by atoms with Crippen LogP contribution in [0.15, 0.2) is 29.2 Å². The Bertz CT molecular complexity index is 618. The summed E-state index contributed by atoms with van der Waals surface area (Å²) in [4.78, 5) is 12.1. The summed E-state index contributed by atoms with van der Waals surface area (Å²) in [5.74, 6) is 0.237. The monoisotopic (exact) mass is 313 g/mol. The van der Waals surface area contributed by atoms with E-state index in [2.05, 4.69) is 9.62 Å². The number of sulfonamides is 1. The molecule has 8 heteroatoms.